The van der Waals surface area contributed by atoms with Crippen molar-refractivity contribution in [2.75, 3.05) is 0 Å². The van der Waals surface area contributed by atoms with E-state index in [9.17, 15) is 4.79 Å². The molecule has 4 rings (SSSR count). The number of hydrogen-bond donors (Lipinski definition) is 0. The molecule has 0 aromatic carbocycles. The Hall–Kier alpha value is -0.590. The summed E-state index contributed by atoms with van der Waals surface area (Å²) in [5.74, 6) is 5.03. The summed E-state index contributed by atoms with van der Waals surface area (Å²) in [7, 11) is 0. The second-order valence-corrected chi connectivity index (χ2v) is 9.26. The highest BCUT2D eigenvalue weighted by atomic mass is 16.1. The van der Waals surface area contributed by atoms with Gasteiger partial charge in [0.1, 0.15) is 0 Å². The maximum Gasteiger partial charge on any atom is 0.155 e. The summed E-state index contributed by atoms with van der Waals surface area (Å²) in [6.45, 7) is 4.99. The monoisotopic (exact) mass is 314 g/mol. The molecular formula is C22H34O. The van der Waals surface area contributed by atoms with E-state index >= 15 is 0 Å². The lowest BCUT2D eigenvalue weighted by Crippen LogP contribution is -2.46. The van der Waals surface area contributed by atoms with Crippen molar-refractivity contribution in [3.8, 4) is 0 Å². The molecule has 0 heterocycles. The molecule has 0 radical (unpaired) electrons. The summed E-state index contributed by atoms with van der Waals surface area (Å²) >= 11 is 0. The highest BCUT2D eigenvalue weighted by Crippen LogP contribution is 2.64. The second-order valence-electron chi connectivity index (χ2n) is 9.26. The maximum absolute atomic E-state index is 11.8. The number of fused-ring (bicyclic) bond motifs is 5. The third-order valence-electron chi connectivity index (χ3n) is 8.40. The standard InChI is InChI=1S/C22H34O/c1-3-4-5-16-7-11-21-20-9-6-15-14-17(23)8-10-18(15)19(20)12-13-22(16,21)2/h14,16,18-21H,3-13H2,1-2H3/t16-,18?,19?,20?,21?,22?/m0/s1. The second kappa shape index (κ2) is 6.05. The van der Waals surface area contributed by atoms with E-state index in [2.05, 4.69) is 13.8 Å². The molecule has 3 saturated carbocycles. The molecule has 0 bridgehead atoms. The topological polar surface area (TPSA) is 17.1 Å². The minimum Gasteiger partial charge on any atom is -0.295 e. The third kappa shape index (κ3) is 2.53. The van der Waals surface area contributed by atoms with Gasteiger partial charge in [-0.15, -0.1) is 0 Å². The van der Waals surface area contributed by atoms with Gasteiger partial charge in [-0.05, 0) is 92.4 Å². The van der Waals surface area contributed by atoms with Crippen molar-refractivity contribution < 1.29 is 4.79 Å². The van der Waals surface area contributed by atoms with Gasteiger partial charge in [-0.25, -0.2) is 0 Å². The quantitative estimate of drug-likeness (QED) is 0.630. The van der Waals surface area contributed by atoms with Gasteiger partial charge in [0, 0.05) is 6.42 Å². The van der Waals surface area contributed by atoms with Gasteiger partial charge in [-0.3, -0.25) is 4.79 Å². The number of ketones is 1. The van der Waals surface area contributed by atoms with E-state index in [1.54, 1.807) is 0 Å². The van der Waals surface area contributed by atoms with Crippen molar-refractivity contribution in [3.05, 3.63) is 11.6 Å². The fourth-order valence-electron chi connectivity index (χ4n) is 7.21. The number of allylic oxidation sites excluding steroid dienone is 1. The minimum atomic E-state index is 0.399. The average molecular weight is 315 g/mol. The van der Waals surface area contributed by atoms with Gasteiger partial charge in [0.25, 0.3) is 0 Å². The van der Waals surface area contributed by atoms with Gasteiger partial charge in [0.2, 0.25) is 0 Å². The van der Waals surface area contributed by atoms with Crippen LogP contribution in [-0.4, -0.2) is 5.78 Å². The van der Waals surface area contributed by atoms with Crippen molar-refractivity contribution in [1.82, 2.24) is 0 Å². The van der Waals surface area contributed by atoms with E-state index in [0.717, 1.165) is 42.4 Å². The fraction of sp³-hybridized carbons (Fsp3) is 0.864. The van der Waals surface area contributed by atoms with Crippen molar-refractivity contribution >= 4 is 5.78 Å². The first-order valence-electron chi connectivity index (χ1n) is 10.4. The lowest BCUT2D eigenvalue weighted by molar-refractivity contribution is -0.116. The molecule has 23 heavy (non-hydrogen) atoms. The number of rotatable bonds is 3. The van der Waals surface area contributed by atoms with Crippen LogP contribution in [0.5, 0.6) is 0 Å². The molecule has 3 fully saturated rings. The predicted octanol–water partition coefficient (Wildman–Crippen LogP) is 5.93. The van der Waals surface area contributed by atoms with Gasteiger partial charge in [0.15, 0.2) is 5.78 Å². The molecule has 1 heteroatoms. The molecule has 0 saturated heterocycles. The summed E-state index contributed by atoms with van der Waals surface area (Å²) in [6, 6.07) is 0. The van der Waals surface area contributed by atoms with Crippen molar-refractivity contribution in [1.29, 1.82) is 0 Å². The van der Waals surface area contributed by atoms with Crippen molar-refractivity contribution in [2.24, 2.45) is 35.0 Å². The first-order valence-corrected chi connectivity index (χ1v) is 10.4. The number of unbranched alkanes of at least 4 members (excludes halogenated alkanes) is 1. The van der Waals surface area contributed by atoms with Gasteiger partial charge in [0.05, 0.1) is 0 Å². The zero-order chi connectivity index (χ0) is 16.0. The van der Waals surface area contributed by atoms with Gasteiger partial charge >= 0.3 is 0 Å². The van der Waals surface area contributed by atoms with Crippen LogP contribution in [0.25, 0.3) is 0 Å². The average Bonchev–Trinajstić information content (AvgIpc) is 2.89. The Labute approximate surface area is 142 Å². The Morgan fingerprint density at radius 1 is 1.09 bits per heavy atom. The lowest BCUT2D eigenvalue weighted by Gasteiger charge is -2.54. The molecule has 0 aromatic rings. The zero-order valence-electron chi connectivity index (χ0n) is 15.2. The Morgan fingerprint density at radius 3 is 2.78 bits per heavy atom. The Morgan fingerprint density at radius 2 is 1.96 bits per heavy atom. The Bertz CT molecular complexity index is 504. The molecular weight excluding hydrogens is 280 g/mol. The molecule has 5 unspecified atom stereocenters. The van der Waals surface area contributed by atoms with E-state index in [1.807, 2.05) is 6.08 Å². The molecule has 0 aliphatic heterocycles. The molecule has 4 aliphatic rings. The molecule has 0 spiro atoms. The summed E-state index contributed by atoms with van der Waals surface area (Å²) in [5.41, 5.74) is 2.17. The maximum atomic E-state index is 11.8. The van der Waals surface area contributed by atoms with Crippen LogP contribution >= 0.6 is 0 Å². The molecule has 128 valence electrons. The highest BCUT2D eigenvalue weighted by Gasteiger charge is 2.55. The fourth-order valence-corrected chi connectivity index (χ4v) is 7.21. The van der Waals surface area contributed by atoms with Crippen LogP contribution in [0.4, 0.5) is 0 Å². The normalized spacial score (nSPS) is 45.9. The van der Waals surface area contributed by atoms with Gasteiger partial charge in [-0.1, -0.05) is 32.3 Å². The zero-order valence-corrected chi connectivity index (χ0v) is 15.2. The summed E-state index contributed by atoms with van der Waals surface area (Å²) in [5, 5.41) is 0. The van der Waals surface area contributed by atoms with Crippen LogP contribution in [0.15, 0.2) is 11.6 Å². The molecule has 0 N–H and O–H groups in total. The molecule has 0 amide bonds. The van der Waals surface area contributed by atoms with E-state index in [0.29, 0.717) is 11.2 Å². The first-order chi connectivity index (χ1) is 11.1. The van der Waals surface area contributed by atoms with Gasteiger partial charge in [-0.2, -0.15) is 0 Å². The van der Waals surface area contributed by atoms with Crippen molar-refractivity contribution in [2.45, 2.75) is 84.5 Å². The molecule has 0 aromatic heterocycles. The highest BCUT2D eigenvalue weighted by molar-refractivity contribution is 5.91. The minimum absolute atomic E-state index is 0.399. The summed E-state index contributed by atoms with van der Waals surface area (Å²) in [4.78, 5) is 11.8. The number of carbonyl (C=O) groups excluding carboxylic acids is 1. The van der Waals surface area contributed by atoms with Crippen LogP contribution in [-0.2, 0) is 4.79 Å². The summed E-state index contributed by atoms with van der Waals surface area (Å²) < 4.78 is 0. The van der Waals surface area contributed by atoms with E-state index in [4.69, 9.17) is 0 Å². The predicted molar refractivity (Wildman–Crippen MR) is 95.1 cm³/mol. The van der Waals surface area contributed by atoms with Crippen LogP contribution in [0, 0.1) is 35.0 Å². The molecule has 1 nitrogen and oxygen atoms in total. The van der Waals surface area contributed by atoms with Crippen LogP contribution in [0.3, 0.4) is 0 Å². The lowest BCUT2D eigenvalue weighted by atomic mass is 9.51. The largest absolute Gasteiger partial charge is 0.295 e. The molecule has 4 aliphatic carbocycles. The van der Waals surface area contributed by atoms with Crippen LogP contribution < -0.4 is 0 Å². The summed E-state index contributed by atoms with van der Waals surface area (Å²) in [6.07, 6.45) is 16.8. The van der Waals surface area contributed by atoms with Crippen LogP contribution in [0.1, 0.15) is 84.5 Å². The van der Waals surface area contributed by atoms with Crippen LogP contribution in [0.2, 0.25) is 0 Å². The molecule has 6 atom stereocenters. The van der Waals surface area contributed by atoms with E-state index in [-0.39, 0.29) is 0 Å². The smallest absolute Gasteiger partial charge is 0.155 e. The van der Waals surface area contributed by atoms with Crippen molar-refractivity contribution in [3.63, 3.8) is 0 Å². The first kappa shape index (κ1) is 15.9. The van der Waals surface area contributed by atoms with E-state index in [1.165, 1.54) is 63.4 Å². The Balaban J connectivity index is 1.54. The third-order valence-corrected chi connectivity index (χ3v) is 8.40. The van der Waals surface area contributed by atoms with E-state index < -0.39 is 0 Å². The number of hydrogen-bond acceptors (Lipinski definition) is 1. The number of carbonyl (C=O) groups is 1. The SMILES string of the molecule is CCCC[C@H]1CCC2C3CCC4=CC(=O)CCC4C3CCC21C. The Kier molecular flexibility index (Phi) is 4.18. The van der Waals surface area contributed by atoms with Gasteiger partial charge < -0.3 is 0 Å².